The fourth-order valence-corrected chi connectivity index (χ4v) is 14.3. The van der Waals surface area contributed by atoms with Crippen LogP contribution < -0.4 is 127 Å². The maximum absolute atomic E-state index is 12.0. The average molecular weight is 1680 g/mol. The van der Waals surface area contributed by atoms with E-state index in [1.165, 1.54) is 6.42 Å². The van der Waals surface area contributed by atoms with E-state index in [1.807, 2.05) is 35.5 Å². The molecule has 6 aromatic rings. The predicted molar refractivity (Wildman–Crippen MR) is 504 cm³/mol. The van der Waals surface area contributed by atoms with E-state index in [1.54, 1.807) is 14.2 Å². The third-order valence-electron chi connectivity index (χ3n) is 21.5. The van der Waals surface area contributed by atoms with Gasteiger partial charge in [0.25, 0.3) is 65.1 Å². The standard InChI is InChI=1S/C17H30N2O4.C16H27N3O2.C16H26N2O2.C15H24N2O3.C15H26N2O2.C13H22N2O2/c1-17(2,3)7-6-8-18-13-14(16(21)15(13)20)19(9-11-22-4)10-12-23-5;1-16(2,3)6-5-7-17-12-13(15(21)14(12)20)19-10-8-18(4)9-11-19;1-16(2,3)8-7-9-17-12-13(15(20)14(12)19)18-10-5-4-6-11-18;1-15(2,3)5-4-6-16-11-12(14(19)13(11)18)17-7-9-20-10-8-17;1-6-17(7-2)12-11(13(18)14(12)19)16-10-8-9-15(3,4)5;1-5-14-9-10(12(17)11(9)16)15-8-6-7-13(2,3)4/h18H,6-12H2,1-5H3;17H,5-11H2,1-4H3;17H,4-11H2,1-3H3;16H,4-10H2,1-3H3;16H,6-10H2,1-5H3;14-15H,5-8H2,1-4H3. The Labute approximate surface area is 714 Å². The summed E-state index contributed by atoms with van der Waals surface area (Å²) >= 11 is 0. The van der Waals surface area contributed by atoms with Crippen LogP contribution in [-0.4, -0.2) is 177 Å². The van der Waals surface area contributed by atoms with Crippen LogP contribution in [0.25, 0.3) is 0 Å². The first-order chi connectivity index (χ1) is 56.1. The second-order valence-electron chi connectivity index (χ2n) is 39.5. The van der Waals surface area contributed by atoms with E-state index in [0.29, 0.717) is 161 Å². The Morgan fingerprint density at radius 1 is 0.308 bits per heavy atom. The van der Waals surface area contributed by atoms with Crippen LogP contribution in [0.3, 0.4) is 0 Å². The Hall–Kier alpha value is -8.08. The summed E-state index contributed by atoms with van der Waals surface area (Å²) in [4.78, 5) is 152. The molecule has 0 aliphatic carbocycles. The molecule has 28 heteroatoms. The van der Waals surface area contributed by atoms with Crippen LogP contribution in [0.4, 0.5) is 68.2 Å². The zero-order chi connectivity index (χ0) is 90.3. The van der Waals surface area contributed by atoms with Gasteiger partial charge in [-0.25, -0.2) is 0 Å². The molecule has 0 aromatic heterocycles. The Bertz CT molecular complexity index is 4400. The molecule has 0 spiro atoms. The SMILES string of the molecule is CC(C)(C)CCCNc1c(N2CCCCC2)c(=O)c1=O.CC(C)(C)CCCNc1c(N2CCOCC2)c(=O)c1=O.CCN(CC)c1c(NCCCC(C)(C)C)c(=O)c1=O.CCNc1c(NCCCC(C)(C)C)c(=O)c1=O.CN1CCN(c2c(NCCCC(C)(C)C)c(=O)c2=O)CC1.COCCN(CCOC)c1c(NCCCC(C)(C)C)c(=O)c1=O. The van der Waals surface area contributed by atoms with Crippen LogP contribution in [-0.2, 0) is 14.2 Å². The van der Waals surface area contributed by atoms with Crippen LogP contribution in [0.1, 0.15) is 242 Å². The largest absolute Gasteiger partial charge is 0.383 e. The number of methoxy groups -OCH3 is 2. The number of anilines is 12. The Morgan fingerprint density at radius 2 is 0.567 bits per heavy atom. The van der Waals surface area contributed by atoms with Crippen LogP contribution in [0.5, 0.6) is 0 Å². The van der Waals surface area contributed by atoms with E-state index in [9.17, 15) is 57.5 Å². The number of hydrogen-bond acceptors (Lipinski definition) is 28. The molecule has 678 valence electrons. The van der Waals surface area contributed by atoms with Crippen LogP contribution in [0.2, 0.25) is 0 Å². The van der Waals surface area contributed by atoms with Gasteiger partial charge in [0.15, 0.2) is 0 Å². The smallest absolute Gasteiger partial charge is 0.253 e. The van der Waals surface area contributed by atoms with Gasteiger partial charge >= 0.3 is 0 Å². The molecular formula is C92H155N13O15. The van der Waals surface area contributed by atoms with Gasteiger partial charge < -0.3 is 80.8 Å². The summed E-state index contributed by atoms with van der Waals surface area (Å²) < 4.78 is 15.4. The second kappa shape index (κ2) is 48.7. The van der Waals surface area contributed by atoms with Crippen molar-refractivity contribution < 1.29 is 14.2 Å². The van der Waals surface area contributed by atoms with Crippen molar-refractivity contribution in [2.45, 2.75) is 242 Å². The Morgan fingerprint density at radius 3 is 0.858 bits per heavy atom. The molecule has 0 atom stereocenters. The van der Waals surface area contributed by atoms with Crippen molar-refractivity contribution in [3.63, 3.8) is 0 Å². The first kappa shape index (κ1) is 104. The second-order valence-corrected chi connectivity index (χ2v) is 39.5. The third kappa shape index (κ3) is 33.6. The van der Waals surface area contributed by atoms with Crippen molar-refractivity contribution >= 4 is 68.2 Å². The molecule has 9 rings (SSSR count). The molecule has 7 N–H and O–H groups in total. The fourth-order valence-electron chi connectivity index (χ4n) is 14.3. The highest BCUT2D eigenvalue weighted by Crippen LogP contribution is 2.31. The molecule has 0 saturated carbocycles. The van der Waals surface area contributed by atoms with E-state index in [2.05, 4.69) is 184 Å². The Balaban J connectivity index is 0.000000303. The van der Waals surface area contributed by atoms with Crippen LogP contribution >= 0.6 is 0 Å². The summed E-state index contributed by atoms with van der Waals surface area (Å²) in [5.41, 5.74) is 3.76. The minimum atomic E-state index is -0.421. The summed E-state index contributed by atoms with van der Waals surface area (Å²) in [5.74, 6) is 0. The number of morpholine rings is 1. The van der Waals surface area contributed by atoms with Crippen molar-refractivity contribution in [2.75, 3.05) is 234 Å². The van der Waals surface area contributed by atoms with Gasteiger partial charge in [0.1, 0.15) is 68.2 Å². The molecule has 3 heterocycles. The molecule has 28 nitrogen and oxygen atoms in total. The number of ether oxygens (including phenoxy) is 3. The third-order valence-corrected chi connectivity index (χ3v) is 21.5. The lowest BCUT2D eigenvalue weighted by molar-refractivity contribution is 0.122. The number of likely N-dealkylation sites (N-methyl/N-ethyl adjacent to an activating group) is 1. The van der Waals surface area contributed by atoms with Crippen molar-refractivity contribution in [3.8, 4) is 0 Å². The molecule has 3 aliphatic heterocycles. The maximum atomic E-state index is 12.0. The highest BCUT2D eigenvalue weighted by atomic mass is 16.5. The Kier molecular flexibility index (Phi) is 42.3. The first-order valence-electron chi connectivity index (χ1n) is 44.2. The number of nitrogens with zero attached hydrogens (tertiary/aromatic N) is 6. The lowest BCUT2D eigenvalue weighted by atomic mass is 9.90. The van der Waals surface area contributed by atoms with Gasteiger partial charge in [-0.05, 0) is 157 Å². The summed E-state index contributed by atoms with van der Waals surface area (Å²) in [6.07, 6.45) is 15.9. The number of piperazine rings is 1. The number of hydrogen-bond donors (Lipinski definition) is 7. The molecule has 0 unspecified atom stereocenters. The van der Waals surface area contributed by atoms with Gasteiger partial charge in [-0.1, -0.05) is 125 Å². The van der Waals surface area contributed by atoms with E-state index in [0.717, 1.165) is 175 Å². The molecule has 0 radical (unpaired) electrons. The molecule has 3 saturated heterocycles. The summed E-state index contributed by atoms with van der Waals surface area (Å²) in [5, 5.41) is 21.8. The van der Waals surface area contributed by atoms with E-state index in [-0.39, 0.29) is 48.8 Å². The number of piperidine rings is 1. The molecule has 3 aliphatic rings. The summed E-state index contributed by atoms with van der Waals surface area (Å²) in [6, 6.07) is 0. The topological polar surface area (TPSA) is 336 Å². The van der Waals surface area contributed by atoms with E-state index in [4.69, 9.17) is 14.2 Å². The van der Waals surface area contributed by atoms with Crippen molar-refractivity contribution in [3.05, 3.63) is 123 Å². The number of nitrogens with one attached hydrogen (secondary N) is 7. The van der Waals surface area contributed by atoms with Gasteiger partial charge in [0.05, 0.1) is 26.4 Å². The normalized spacial score (nSPS) is 14.4. The highest BCUT2D eigenvalue weighted by Gasteiger charge is 2.32. The van der Waals surface area contributed by atoms with Crippen LogP contribution in [0, 0.1) is 32.5 Å². The van der Waals surface area contributed by atoms with Gasteiger partial charge in [0.2, 0.25) is 0 Å². The quantitative estimate of drug-likeness (QED) is 0.0139. The fraction of sp³-hybridized carbons (Fsp3) is 0.739. The monoisotopic (exact) mass is 1680 g/mol. The van der Waals surface area contributed by atoms with Crippen molar-refractivity contribution in [1.82, 2.24) is 4.90 Å². The van der Waals surface area contributed by atoms with Crippen LogP contribution in [0.15, 0.2) is 57.5 Å². The highest BCUT2D eigenvalue weighted by molar-refractivity contribution is 5.79. The van der Waals surface area contributed by atoms with Gasteiger partial charge in [-0.3, -0.25) is 57.5 Å². The van der Waals surface area contributed by atoms with Gasteiger partial charge in [0, 0.05) is 139 Å². The number of rotatable bonds is 39. The molecule has 3 fully saturated rings. The zero-order valence-corrected chi connectivity index (χ0v) is 78.2. The summed E-state index contributed by atoms with van der Waals surface area (Å²) in [7, 11) is 5.30. The first-order valence-corrected chi connectivity index (χ1v) is 44.2. The molecule has 0 bridgehead atoms. The minimum absolute atomic E-state index is 0.265. The zero-order valence-electron chi connectivity index (χ0n) is 78.2. The maximum Gasteiger partial charge on any atom is 0.253 e. The van der Waals surface area contributed by atoms with E-state index >= 15 is 0 Å². The molecule has 120 heavy (non-hydrogen) atoms. The minimum Gasteiger partial charge on any atom is -0.383 e. The molecular weight excluding hydrogens is 1530 g/mol. The van der Waals surface area contributed by atoms with Crippen molar-refractivity contribution in [2.24, 2.45) is 32.5 Å². The lowest BCUT2D eigenvalue weighted by Gasteiger charge is -2.35. The molecule has 6 aromatic carbocycles. The predicted octanol–water partition coefficient (Wildman–Crippen LogP) is 11.1. The van der Waals surface area contributed by atoms with E-state index < -0.39 is 21.7 Å². The lowest BCUT2D eigenvalue weighted by Crippen LogP contribution is -2.50. The van der Waals surface area contributed by atoms with Gasteiger partial charge in [-0.2, -0.15) is 0 Å². The van der Waals surface area contributed by atoms with Crippen molar-refractivity contribution in [1.29, 1.82) is 0 Å². The average Bonchev–Trinajstić information content (AvgIpc) is 0.779. The van der Waals surface area contributed by atoms with Gasteiger partial charge in [-0.15, -0.1) is 0 Å². The molecule has 0 amide bonds. The summed E-state index contributed by atoms with van der Waals surface area (Å²) in [6.45, 7) is 62.0.